The second kappa shape index (κ2) is 8.29. The van der Waals surface area contributed by atoms with Gasteiger partial charge in [-0.2, -0.15) is 0 Å². The lowest BCUT2D eigenvalue weighted by Crippen LogP contribution is -2.45. The molecule has 1 aromatic rings. The SMILES string of the molecule is Cl.O=C(CC1COCCN1)N1CCCC1c1cccc(Br)c1. The molecule has 4 nitrogen and oxygen atoms in total. The van der Waals surface area contributed by atoms with Crippen LogP contribution in [0.5, 0.6) is 0 Å². The molecule has 2 unspecified atom stereocenters. The van der Waals surface area contributed by atoms with Gasteiger partial charge in [0.05, 0.1) is 19.3 Å². The predicted octanol–water partition coefficient (Wildman–Crippen LogP) is 2.91. The Morgan fingerprint density at radius 2 is 2.32 bits per heavy atom. The van der Waals surface area contributed by atoms with Crippen LogP contribution >= 0.6 is 28.3 Å². The maximum atomic E-state index is 12.6. The van der Waals surface area contributed by atoms with Crippen LogP contribution in [0.1, 0.15) is 30.9 Å². The molecule has 1 aromatic carbocycles. The van der Waals surface area contributed by atoms with E-state index in [-0.39, 0.29) is 30.4 Å². The van der Waals surface area contributed by atoms with Crippen molar-refractivity contribution in [1.82, 2.24) is 10.2 Å². The van der Waals surface area contributed by atoms with E-state index in [4.69, 9.17) is 4.74 Å². The largest absolute Gasteiger partial charge is 0.378 e. The maximum Gasteiger partial charge on any atom is 0.224 e. The van der Waals surface area contributed by atoms with E-state index >= 15 is 0 Å². The summed E-state index contributed by atoms with van der Waals surface area (Å²) in [6.07, 6.45) is 2.67. The van der Waals surface area contributed by atoms with Crippen molar-refractivity contribution < 1.29 is 9.53 Å². The topological polar surface area (TPSA) is 41.6 Å². The van der Waals surface area contributed by atoms with Crippen molar-refractivity contribution in [3.8, 4) is 0 Å². The normalized spacial score (nSPS) is 24.9. The average Bonchev–Trinajstić information content (AvgIpc) is 2.98. The van der Waals surface area contributed by atoms with Crippen LogP contribution in [0.4, 0.5) is 0 Å². The van der Waals surface area contributed by atoms with Crippen LogP contribution in [0.25, 0.3) is 0 Å². The summed E-state index contributed by atoms with van der Waals surface area (Å²) in [6.45, 7) is 3.09. The highest BCUT2D eigenvalue weighted by Crippen LogP contribution is 2.33. The molecule has 2 fully saturated rings. The van der Waals surface area contributed by atoms with E-state index in [0.717, 1.165) is 37.0 Å². The molecule has 2 aliphatic rings. The van der Waals surface area contributed by atoms with Crippen LogP contribution in [-0.2, 0) is 9.53 Å². The fraction of sp³-hybridized carbons (Fsp3) is 0.562. The van der Waals surface area contributed by atoms with E-state index < -0.39 is 0 Å². The summed E-state index contributed by atoms with van der Waals surface area (Å²) in [7, 11) is 0. The monoisotopic (exact) mass is 388 g/mol. The number of likely N-dealkylation sites (tertiary alicyclic amines) is 1. The fourth-order valence-electron chi connectivity index (χ4n) is 3.20. The number of hydrogen-bond donors (Lipinski definition) is 1. The van der Waals surface area contributed by atoms with E-state index in [0.29, 0.717) is 13.0 Å². The standard InChI is InChI=1S/C16H21BrN2O2.ClH/c17-13-4-1-3-12(9-13)15-5-2-7-19(15)16(20)10-14-11-21-8-6-18-14;/h1,3-4,9,14-15,18H,2,5-8,10-11H2;1H. The van der Waals surface area contributed by atoms with Crippen molar-refractivity contribution in [2.24, 2.45) is 0 Å². The van der Waals surface area contributed by atoms with Gasteiger partial charge < -0.3 is 15.0 Å². The number of amides is 1. The van der Waals surface area contributed by atoms with Crippen LogP contribution < -0.4 is 5.32 Å². The van der Waals surface area contributed by atoms with Gasteiger partial charge in [0.25, 0.3) is 0 Å². The molecule has 0 spiro atoms. The number of halogens is 2. The Labute approximate surface area is 146 Å². The number of rotatable bonds is 3. The average molecular weight is 390 g/mol. The minimum atomic E-state index is 0. The van der Waals surface area contributed by atoms with Crippen LogP contribution in [0.15, 0.2) is 28.7 Å². The predicted molar refractivity (Wildman–Crippen MR) is 92.3 cm³/mol. The number of hydrogen-bond acceptors (Lipinski definition) is 3. The smallest absolute Gasteiger partial charge is 0.224 e. The zero-order valence-corrected chi connectivity index (χ0v) is 14.9. The van der Waals surface area contributed by atoms with Crippen LogP contribution in [0.2, 0.25) is 0 Å². The first-order valence-electron chi connectivity index (χ1n) is 7.60. The summed E-state index contributed by atoms with van der Waals surface area (Å²) in [4.78, 5) is 14.6. The molecule has 1 N–H and O–H groups in total. The molecule has 2 heterocycles. The van der Waals surface area contributed by atoms with E-state index in [9.17, 15) is 4.79 Å². The van der Waals surface area contributed by atoms with E-state index in [1.807, 2.05) is 17.0 Å². The molecule has 2 atom stereocenters. The van der Waals surface area contributed by atoms with Crippen LogP contribution in [0.3, 0.4) is 0 Å². The highest BCUT2D eigenvalue weighted by Gasteiger charge is 2.31. The third kappa shape index (κ3) is 4.22. The molecule has 0 radical (unpaired) electrons. The quantitative estimate of drug-likeness (QED) is 0.864. The molecule has 0 bridgehead atoms. The molecule has 0 saturated carbocycles. The summed E-state index contributed by atoms with van der Waals surface area (Å²) in [5.74, 6) is 0.237. The minimum absolute atomic E-state index is 0. The zero-order chi connectivity index (χ0) is 14.7. The number of ether oxygens (including phenoxy) is 1. The Balaban J connectivity index is 0.00000176. The Kier molecular flexibility index (Phi) is 6.68. The molecular formula is C16H22BrClN2O2. The second-order valence-electron chi connectivity index (χ2n) is 5.73. The lowest BCUT2D eigenvalue weighted by Gasteiger charge is -2.29. The van der Waals surface area contributed by atoms with Gasteiger partial charge in [-0.1, -0.05) is 28.1 Å². The summed E-state index contributed by atoms with van der Waals surface area (Å²) < 4.78 is 6.50. The third-order valence-corrected chi connectivity index (χ3v) is 4.72. The van der Waals surface area contributed by atoms with Crippen molar-refractivity contribution in [1.29, 1.82) is 0 Å². The van der Waals surface area contributed by atoms with Gasteiger partial charge in [-0.15, -0.1) is 12.4 Å². The molecule has 0 aromatic heterocycles. The number of nitrogens with zero attached hydrogens (tertiary/aromatic N) is 1. The molecular weight excluding hydrogens is 368 g/mol. The Morgan fingerprint density at radius 1 is 1.45 bits per heavy atom. The first-order valence-corrected chi connectivity index (χ1v) is 8.39. The van der Waals surface area contributed by atoms with Crippen molar-refractivity contribution >= 4 is 34.2 Å². The molecule has 1 amide bonds. The lowest BCUT2D eigenvalue weighted by molar-refractivity contribution is -0.133. The van der Waals surface area contributed by atoms with Gasteiger partial charge >= 0.3 is 0 Å². The second-order valence-corrected chi connectivity index (χ2v) is 6.65. The maximum absolute atomic E-state index is 12.6. The summed E-state index contributed by atoms with van der Waals surface area (Å²) in [5.41, 5.74) is 1.23. The van der Waals surface area contributed by atoms with Crippen molar-refractivity contribution in [2.75, 3.05) is 26.3 Å². The molecule has 6 heteroatoms. The van der Waals surface area contributed by atoms with Gasteiger partial charge in [0.2, 0.25) is 5.91 Å². The van der Waals surface area contributed by atoms with Crippen molar-refractivity contribution in [3.05, 3.63) is 34.3 Å². The van der Waals surface area contributed by atoms with E-state index in [1.165, 1.54) is 5.56 Å². The third-order valence-electron chi connectivity index (χ3n) is 4.23. The highest BCUT2D eigenvalue weighted by atomic mass is 79.9. The first kappa shape index (κ1) is 17.7. The molecule has 2 saturated heterocycles. The van der Waals surface area contributed by atoms with Gasteiger partial charge in [-0.05, 0) is 30.5 Å². The summed E-state index contributed by atoms with van der Waals surface area (Å²) in [5, 5.41) is 3.36. The first-order chi connectivity index (χ1) is 10.2. The molecule has 0 aliphatic carbocycles. The Bertz CT molecular complexity index is 509. The van der Waals surface area contributed by atoms with Crippen LogP contribution in [0, 0.1) is 0 Å². The summed E-state index contributed by atoms with van der Waals surface area (Å²) in [6, 6.07) is 8.68. The van der Waals surface area contributed by atoms with E-state index in [1.54, 1.807) is 0 Å². The van der Waals surface area contributed by atoms with Gasteiger partial charge in [0, 0.05) is 30.0 Å². The Hall–Kier alpha value is -0.620. The number of carbonyl (C=O) groups is 1. The lowest BCUT2D eigenvalue weighted by atomic mass is 10.0. The van der Waals surface area contributed by atoms with Gasteiger partial charge in [0.1, 0.15) is 0 Å². The number of carbonyl (C=O) groups excluding carboxylic acids is 1. The number of morpholine rings is 1. The van der Waals surface area contributed by atoms with Crippen molar-refractivity contribution in [3.63, 3.8) is 0 Å². The molecule has 122 valence electrons. The van der Waals surface area contributed by atoms with Gasteiger partial charge in [-0.25, -0.2) is 0 Å². The fourth-order valence-corrected chi connectivity index (χ4v) is 3.62. The zero-order valence-electron chi connectivity index (χ0n) is 12.5. The molecule has 2 aliphatic heterocycles. The van der Waals surface area contributed by atoms with Crippen LogP contribution in [-0.4, -0.2) is 43.2 Å². The van der Waals surface area contributed by atoms with Crippen molar-refractivity contribution in [2.45, 2.75) is 31.3 Å². The van der Waals surface area contributed by atoms with Gasteiger partial charge in [-0.3, -0.25) is 4.79 Å². The molecule has 22 heavy (non-hydrogen) atoms. The number of benzene rings is 1. The molecule has 3 rings (SSSR count). The Morgan fingerprint density at radius 3 is 3.05 bits per heavy atom. The van der Waals surface area contributed by atoms with Gasteiger partial charge in [0.15, 0.2) is 0 Å². The van der Waals surface area contributed by atoms with E-state index in [2.05, 4.69) is 33.4 Å². The summed E-state index contributed by atoms with van der Waals surface area (Å²) >= 11 is 3.52. The number of nitrogens with one attached hydrogen (secondary N) is 1. The highest BCUT2D eigenvalue weighted by molar-refractivity contribution is 9.10. The minimum Gasteiger partial charge on any atom is -0.378 e.